The van der Waals surface area contributed by atoms with Crippen molar-refractivity contribution in [1.29, 1.82) is 0 Å². The van der Waals surface area contributed by atoms with Crippen molar-refractivity contribution in [1.82, 2.24) is 14.1 Å². The number of halogens is 1. The van der Waals surface area contributed by atoms with E-state index in [0.717, 1.165) is 17.8 Å². The minimum absolute atomic E-state index is 0.245. The Morgan fingerprint density at radius 1 is 1.33 bits per heavy atom. The molecule has 2 heterocycles. The molecule has 0 amide bonds. The summed E-state index contributed by atoms with van der Waals surface area (Å²) < 4.78 is 47.8. The number of thiazole rings is 1. The lowest BCUT2D eigenvalue weighted by Gasteiger charge is -2.21. The molecule has 0 aliphatic heterocycles. The molecule has 1 aromatic carbocycles. The molecule has 30 heavy (non-hydrogen) atoms. The summed E-state index contributed by atoms with van der Waals surface area (Å²) in [5.41, 5.74) is 0.693. The zero-order valence-electron chi connectivity index (χ0n) is 16.5. The van der Waals surface area contributed by atoms with Crippen molar-refractivity contribution in [2.75, 3.05) is 0 Å². The molecule has 3 aromatic rings. The fourth-order valence-electron chi connectivity index (χ4n) is 2.76. The van der Waals surface area contributed by atoms with Crippen molar-refractivity contribution < 1.29 is 22.3 Å². The predicted octanol–water partition coefficient (Wildman–Crippen LogP) is 2.25. The number of carbonyl (C=O) groups is 1. The first-order chi connectivity index (χ1) is 14.1. The fourth-order valence-corrected chi connectivity index (χ4v) is 5.06. The Hall–Kier alpha value is -2.63. The Balaban J connectivity index is 1.76. The largest absolute Gasteiger partial charge is 0.458 e. The third kappa shape index (κ3) is 4.58. The van der Waals surface area contributed by atoms with Crippen molar-refractivity contribution in [3.05, 3.63) is 63.3 Å². The lowest BCUT2D eigenvalue weighted by atomic mass is 10.1. The summed E-state index contributed by atoms with van der Waals surface area (Å²) in [7, 11) is -4.29. The van der Waals surface area contributed by atoms with Gasteiger partial charge in [-0.15, -0.1) is 11.3 Å². The normalized spacial score (nSPS) is 13.0. The first-order valence-corrected chi connectivity index (χ1v) is 11.4. The molecule has 11 heteroatoms. The van der Waals surface area contributed by atoms with E-state index in [9.17, 15) is 22.4 Å². The topological polar surface area (TPSA) is 107 Å². The minimum Gasteiger partial charge on any atom is -0.458 e. The van der Waals surface area contributed by atoms with Crippen LogP contribution in [0.2, 0.25) is 0 Å². The molecule has 0 saturated carbocycles. The van der Waals surface area contributed by atoms with Crippen LogP contribution in [0.25, 0.3) is 4.96 Å². The van der Waals surface area contributed by atoms with Crippen LogP contribution in [0.3, 0.4) is 0 Å². The highest BCUT2D eigenvalue weighted by molar-refractivity contribution is 7.89. The van der Waals surface area contributed by atoms with Crippen LogP contribution in [0.5, 0.6) is 0 Å². The fraction of sp³-hybridized carbons (Fsp3) is 0.316. The van der Waals surface area contributed by atoms with Gasteiger partial charge in [0.2, 0.25) is 10.0 Å². The molecule has 160 valence electrons. The molecule has 0 radical (unpaired) electrons. The lowest BCUT2D eigenvalue weighted by molar-refractivity contribution is -0.148. The number of rotatable bonds is 7. The summed E-state index contributed by atoms with van der Waals surface area (Å²) in [5.74, 6) is -2.25. The molecule has 0 aliphatic rings. The van der Waals surface area contributed by atoms with Gasteiger partial charge in [-0.1, -0.05) is 26.0 Å². The van der Waals surface area contributed by atoms with Gasteiger partial charge >= 0.3 is 5.97 Å². The van der Waals surface area contributed by atoms with E-state index in [0.29, 0.717) is 4.96 Å². The first-order valence-electron chi connectivity index (χ1n) is 9.00. The van der Waals surface area contributed by atoms with Crippen LogP contribution >= 0.6 is 11.3 Å². The van der Waals surface area contributed by atoms with Crippen molar-refractivity contribution in [2.24, 2.45) is 5.92 Å². The van der Waals surface area contributed by atoms with Crippen LogP contribution < -0.4 is 10.3 Å². The molecule has 0 spiro atoms. The molecule has 1 atom stereocenters. The molecule has 0 aliphatic carbocycles. The van der Waals surface area contributed by atoms with Gasteiger partial charge in [0.05, 0.1) is 5.69 Å². The second-order valence-corrected chi connectivity index (χ2v) is 9.48. The molecular formula is C19H20FN3O5S2. The summed E-state index contributed by atoms with van der Waals surface area (Å²) in [6.45, 7) is 4.73. The van der Waals surface area contributed by atoms with Crippen LogP contribution in [-0.2, 0) is 26.2 Å². The maximum absolute atomic E-state index is 13.9. The Bertz CT molecular complexity index is 1250. The smallest absolute Gasteiger partial charge is 0.324 e. The summed E-state index contributed by atoms with van der Waals surface area (Å²) in [6.07, 6.45) is 0. The first kappa shape index (κ1) is 22.1. The lowest BCUT2D eigenvalue weighted by Crippen LogP contribution is -2.45. The molecule has 3 rings (SSSR count). The van der Waals surface area contributed by atoms with E-state index in [1.165, 1.54) is 33.9 Å². The van der Waals surface area contributed by atoms with Crippen LogP contribution in [-0.4, -0.2) is 29.8 Å². The van der Waals surface area contributed by atoms with Crippen LogP contribution in [0.15, 0.2) is 45.4 Å². The number of sulfonamides is 1. The average Bonchev–Trinajstić information content (AvgIpc) is 3.05. The van der Waals surface area contributed by atoms with Gasteiger partial charge in [-0.3, -0.25) is 14.0 Å². The Morgan fingerprint density at radius 2 is 2.03 bits per heavy atom. The van der Waals surface area contributed by atoms with Crippen molar-refractivity contribution >= 4 is 32.3 Å². The number of ether oxygens (including phenoxy) is 1. The number of aryl methyl sites for hydroxylation is 1. The number of carbonyl (C=O) groups excluding carboxylic acids is 1. The number of aromatic nitrogens is 2. The van der Waals surface area contributed by atoms with Gasteiger partial charge < -0.3 is 4.74 Å². The van der Waals surface area contributed by atoms with Gasteiger partial charge in [-0.2, -0.15) is 4.72 Å². The highest BCUT2D eigenvalue weighted by atomic mass is 32.2. The summed E-state index contributed by atoms with van der Waals surface area (Å²) >= 11 is 1.28. The van der Waals surface area contributed by atoms with Crippen molar-refractivity contribution in [3.8, 4) is 0 Å². The molecular weight excluding hydrogens is 433 g/mol. The van der Waals surface area contributed by atoms with E-state index in [-0.39, 0.29) is 17.9 Å². The number of fused-ring (bicyclic) bond motifs is 1. The SMILES string of the molecule is Cc1csc2nc(COC(=O)[C@@H](NS(=O)(=O)c3ccccc3F)C(C)C)cc(=O)n12. The maximum Gasteiger partial charge on any atom is 0.324 e. The van der Waals surface area contributed by atoms with Gasteiger partial charge in [0.25, 0.3) is 5.56 Å². The van der Waals surface area contributed by atoms with Gasteiger partial charge in [0.1, 0.15) is 23.4 Å². The van der Waals surface area contributed by atoms with Crippen molar-refractivity contribution in [2.45, 2.75) is 38.3 Å². The quantitative estimate of drug-likeness (QED) is 0.550. The number of nitrogens with zero attached hydrogens (tertiary/aromatic N) is 2. The Morgan fingerprint density at radius 3 is 2.70 bits per heavy atom. The Labute approximate surface area is 176 Å². The van der Waals surface area contributed by atoms with E-state index in [1.807, 2.05) is 0 Å². The molecule has 1 N–H and O–H groups in total. The Kier molecular flexibility index (Phi) is 6.34. The van der Waals surface area contributed by atoms with E-state index < -0.39 is 38.7 Å². The maximum atomic E-state index is 13.9. The second kappa shape index (κ2) is 8.62. The monoisotopic (exact) mass is 453 g/mol. The number of esters is 1. The highest BCUT2D eigenvalue weighted by Gasteiger charge is 2.31. The zero-order chi connectivity index (χ0) is 22.1. The number of nitrogens with one attached hydrogen (secondary N) is 1. The van der Waals surface area contributed by atoms with Gasteiger partial charge in [0.15, 0.2) is 4.96 Å². The average molecular weight is 454 g/mol. The number of benzene rings is 1. The highest BCUT2D eigenvalue weighted by Crippen LogP contribution is 2.17. The molecule has 0 fully saturated rings. The van der Waals surface area contributed by atoms with Gasteiger partial charge in [0, 0.05) is 17.1 Å². The van der Waals surface area contributed by atoms with Crippen LogP contribution in [0.1, 0.15) is 25.2 Å². The summed E-state index contributed by atoms with van der Waals surface area (Å²) in [4.78, 5) is 28.9. The van der Waals surface area contributed by atoms with Crippen LogP contribution in [0, 0.1) is 18.7 Å². The number of hydrogen-bond donors (Lipinski definition) is 1. The van der Waals surface area contributed by atoms with Gasteiger partial charge in [-0.25, -0.2) is 17.8 Å². The molecule has 0 bridgehead atoms. The van der Waals surface area contributed by atoms with Gasteiger partial charge in [-0.05, 0) is 25.0 Å². The van der Waals surface area contributed by atoms with E-state index >= 15 is 0 Å². The van der Waals surface area contributed by atoms with Crippen molar-refractivity contribution in [3.63, 3.8) is 0 Å². The number of hydrogen-bond acceptors (Lipinski definition) is 7. The third-order valence-electron chi connectivity index (χ3n) is 4.32. The summed E-state index contributed by atoms with van der Waals surface area (Å²) in [5, 5.41) is 1.78. The van der Waals surface area contributed by atoms with E-state index in [1.54, 1.807) is 26.2 Å². The molecule has 2 aromatic heterocycles. The van der Waals surface area contributed by atoms with Crippen LogP contribution in [0.4, 0.5) is 4.39 Å². The standard InChI is InChI=1S/C19H20FN3O5S2/c1-11(2)17(22-30(26,27)15-7-5-4-6-14(15)20)18(25)28-9-13-8-16(24)23-12(3)10-29-19(23)21-13/h4-8,10-11,17,22H,9H2,1-3H3/t17-/m0/s1. The molecule has 8 nitrogen and oxygen atoms in total. The molecule has 0 saturated heterocycles. The predicted molar refractivity (Wildman–Crippen MR) is 109 cm³/mol. The second-order valence-electron chi connectivity index (χ2n) is 6.96. The van der Waals surface area contributed by atoms with E-state index in [2.05, 4.69) is 9.71 Å². The zero-order valence-corrected chi connectivity index (χ0v) is 18.1. The van der Waals surface area contributed by atoms with E-state index in [4.69, 9.17) is 4.74 Å². The summed E-state index contributed by atoms with van der Waals surface area (Å²) in [6, 6.07) is 4.88. The minimum atomic E-state index is -4.29. The third-order valence-corrected chi connectivity index (χ3v) is 6.74. The molecule has 0 unspecified atom stereocenters.